The van der Waals surface area contributed by atoms with Crippen molar-refractivity contribution in [2.24, 2.45) is 0 Å². The molecule has 2 aliphatic rings. The summed E-state index contributed by atoms with van der Waals surface area (Å²) in [5.41, 5.74) is 1.08. The van der Waals surface area contributed by atoms with Crippen LogP contribution in [-0.2, 0) is 15.3 Å². The van der Waals surface area contributed by atoms with Gasteiger partial charge in [-0.25, -0.2) is 4.79 Å². The fourth-order valence-corrected chi connectivity index (χ4v) is 4.87. The fourth-order valence-electron chi connectivity index (χ4n) is 3.90. The van der Waals surface area contributed by atoms with Gasteiger partial charge >= 0.3 is 6.03 Å². The van der Waals surface area contributed by atoms with Crippen LogP contribution >= 0.6 is 11.8 Å². The van der Waals surface area contributed by atoms with Crippen molar-refractivity contribution in [2.45, 2.75) is 41.9 Å². The lowest BCUT2D eigenvalue weighted by atomic mass is 9.98. The molecule has 0 radical (unpaired) electrons. The summed E-state index contributed by atoms with van der Waals surface area (Å²) in [7, 11) is 0. The minimum absolute atomic E-state index is 0.274. The van der Waals surface area contributed by atoms with Crippen molar-refractivity contribution in [1.29, 1.82) is 0 Å². The van der Waals surface area contributed by atoms with E-state index >= 15 is 0 Å². The number of para-hydroxylation sites is 1. The van der Waals surface area contributed by atoms with E-state index in [0.29, 0.717) is 18.5 Å². The smallest absolute Gasteiger partial charge is 0.324 e. The van der Waals surface area contributed by atoms with Crippen LogP contribution in [0.25, 0.3) is 0 Å². The normalized spacial score (nSPS) is 17.6. The van der Waals surface area contributed by atoms with Crippen LogP contribution < -0.4 is 10.6 Å². The maximum absolute atomic E-state index is 12.7. The Hall–Kier alpha value is -2.80. The van der Waals surface area contributed by atoms with E-state index in [1.54, 1.807) is 11.8 Å². The lowest BCUT2D eigenvalue weighted by molar-refractivity contribution is -0.133. The molecule has 7 heteroatoms. The Kier molecular flexibility index (Phi) is 5.58. The molecule has 6 nitrogen and oxygen atoms in total. The first-order valence-electron chi connectivity index (χ1n) is 9.77. The summed E-state index contributed by atoms with van der Waals surface area (Å²) in [5.74, 6) is 0.127. The number of imide groups is 1. The zero-order valence-electron chi connectivity index (χ0n) is 16.0. The van der Waals surface area contributed by atoms with Crippen LogP contribution in [-0.4, -0.2) is 34.8 Å². The lowest BCUT2D eigenvalue weighted by Gasteiger charge is -2.20. The minimum Gasteiger partial charge on any atom is -0.324 e. The van der Waals surface area contributed by atoms with Gasteiger partial charge in [-0.1, -0.05) is 55.3 Å². The van der Waals surface area contributed by atoms with Gasteiger partial charge in [0.25, 0.3) is 5.91 Å². The van der Waals surface area contributed by atoms with E-state index in [0.717, 1.165) is 28.4 Å². The molecule has 4 amide bonds. The Bertz CT molecular complexity index is 926. The summed E-state index contributed by atoms with van der Waals surface area (Å²) in [6.07, 6.45) is 3.12. The highest BCUT2D eigenvalue weighted by molar-refractivity contribution is 7.98. The number of nitrogens with zero attached hydrogens (tertiary/aromatic N) is 1. The molecule has 1 aliphatic heterocycles. The Morgan fingerprint density at radius 2 is 1.72 bits per heavy atom. The Morgan fingerprint density at radius 1 is 1.03 bits per heavy atom. The van der Waals surface area contributed by atoms with Gasteiger partial charge in [0, 0.05) is 10.6 Å². The van der Waals surface area contributed by atoms with Crippen molar-refractivity contribution in [3.8, 4) is 0 Å². The number of thioether (sulfide) groups is 1. The molecule has 1 saturated heterocycles. The van der Waals surface area contributed by atoms with Crippen LogP contribution in [0.3, 0.4) is 0 Å². The highest BCUT2D eigenvalue weighted by atomic mass is 32.2. The van der Waals surface area contributed by atoms with Gasteiger partial charge in [0.1, 0.15) is 12.1 Å². The molecule has 1 heterocycles. The predicted molar refractivity (Wildman–Crippen MR) is 113 cm³/mol. The molecule has 1 saturated carbocycles. The number of urea groups is 1. The fraction of sp³-hybridized carbons (Fsp3) is 0.318. The third-order valence-corrected chi connectivity index (χ3v) is 6.55. The van der Waals surface area contributed by atoms with Crippen LogP contribution in [0.2, 0.25) is 0 Å². The Labute approximate surface area is 174 Å². The van der Waals surface area contributed by atoms with E-state index in [4.69, 9.17) is 0 Å². The maximum atomic E-state index is 12.7. The number of rotatable bonds is 6. The number of nitrogens with one attached hydrogen (secondary N) is 2. The van der Waals surface area contributed by atoms with E-state index < -0.39 is 11.6 Å². The molecule has 0 atom stereocenters. The summed E-state index contributed by atoms with van der Waals surface area (Å²) in [6, 6.07) is 17.2. The molecule has 29 heavy (non-hydrogen) atoms. The van der Waals surface area contributed by atoms with Crippen LogP contribution in [0, 0.1) is 0 Å². The number of carbonyl (C=O) groups is 3. The van der Waals surface area contributed by atoms with Crippen molar-refractivity contribution in [2.75, 3.05) is 11.9 Å². The second-order valence-electron chi connectivity index (χ2n) is 7.43. The van der Waals surface area contributed by atoms with Crippen LogP contribution in [0.15, 0.2) is 59.5 Å². The standard InChI is InChI=1S/C22H23N3O3S/c26-19(14-25-20(27)22(24-21(25)28)12-6-7-13-22)23-17-10-4-5-11-18(17)29-15-16-8-2-1-3-9-16/h1-5,8-11H,6-7,12-15H2,(H,23,26)(H,24,28). The molecule has 150 valence electrons. The van der Waals surface area contributed by atoms with Gasteiger partial charge in [-0.3, -0.25) is 14.5 Å². The molecule has 1 aliphatic carbocycles. The maximum Gasteiger partial charge on any atom is 0.325 e. The number of hydrogen-bond acceptors (Lipinski definition) is 4. The van der Waals surface area contributed by atoms with Gasteiger partial charge in [0.2, 0.25) is 5.91 Å². The molecule has 0 aromatic heterocycles. The largest absolute Gasteiger partial charge is 0.325 e. The van der Waals surface area contributed by atoms with Crippen molar-refractivity contribution in [1.82, 2.24) is 10.2 Å². The summed E-state index contributed by atoms with van der Waals surface area (Å²) in [5, 5.41) is 5.66. The van der Waals surface area contributed by atoms with Crippen molar-refractivity contribution in [3.63, 3.8) is 0 Å². The number of benzene rings is 2. The molecule has 2 aromatic carbocycles. The number of anilines is 1. The number of hydrogen-bond donors (Lipinski definition) is 2. The van der Waals surface area contributed by atoms with Gasteiger partial charge in [-0.15, -0.1) is 11.8 Å². The SMILES string of the molecule is O=C(CN1C(=O)NC2(CCCC2)C1=O)Nc1ccccc1SCc1ccccc1. The van der Waals surface area contributed by atoms with E-state index in [1.165, 1.54) is 5.56 Å². The highest BCUT2D eigenvalue weighted by Gasteiger charge is 2.52. The third kappa shape index (κ3) is 4.15. The minimum atomic E-state index is -0.791. The Morgan fingerprint density at radius 3 is 2.48 bits per heavy atom. The van der Waals surface area contributed by atoms with Gasteiger partial charge in [-0.2, -0.15) is 0 Å². The highest BCUT2D eigenvalue weighted by Crippen LogP contribution is 2.35. The van der Waals surface area contributed by atoms with Gasteiger partial charge < -0.3 is 10.6 Å². The first-order valence-corrected chi connectivity index (χ1v) is 10.8. The molecule has 1 spiro atoms. The van der Waals surface area contributed by atoms with Crippen LogP contribution in [0.5, 0.6) is 0 Å². The lowest BCUT2D eigenvalue weighted by Crippen LogP contribution is -2.44. The third-order valence-electron chi connectivity index (χ3n) is 5.40. The zero-order chi connectivity index (χ0) is 20.3. The quantitative estimate of drug-likeness (QED) is 0.562. The van der Waals surface area contributed by atoms with Crippen LogP contribution in [0.4, 0.5) is 10.5 Å². The van der Waals surface area contributed by atoms with Crippen LogP contribution in [0.1, 0.15) is 31.2 Å². The predicted octanol–water partition coefficient (Wildman–Crippen LogP) is 3.78. The first-order chi connectivity index (χ1) is 14.1. The topological polar surface area (TPSA) is 78.5 Å². The second-order valence-corrected chi connectivity index (χ2v) is 8.45. The van der Waals surface area contributed by atoms with Gasteiger partial charge in [-0.05, 0) is 30.5 Å². The van der Waals surface area contributed by atoms with Crippen molar-refractivity contribution >= 4 is 35.3 Å². The summed E-state index contributed by atoms with van der Waals surface area (Å²) < 4.78 is 0. The van der Waals surface area contributed by atoms with E-state index in [-0.39, 0.29) is 18.4 Å². The molecule has 2 N–H and O–H groups in total. The van der Waals surface area contributed by atoms with Gasteiger partial charge in [0.05, 0.1) is 5.69 Å². The molecule has 0 unspecified atom stereocenters. The zero-order valence-corrected chi connectivity index (χ0v) is 16.8. The van der Waals surface area contributed by atoms with E-state index in [1.807, 2.05) is 42.5 Å². The molecular formula is C22H23N3O3S. The molecular weight excluding hydrogens is 386 g/mol. The second kappa shape index (κ2) is 8.29. The van der Waals surface area contributed by atoms with Gasteiger partial charge in [0.15, 0.2) is 0 Å². The molecule has 2 aromatic rings. The Balaban J connectivity index is 1.40. The number of amides is 4. The number of carbonyl (C=O) groups excluding carboxylic acids is 3. The summed E-state index contributed by atoms with van der Waals surface area (Å²) >= 11 is 1.63. The average molecular weight is 410 g/mol. The summed E-state index contributed by atoms with van der Waals surface area (Å²) in [4.78, 5) is 39.6. The van der Waals surface area contributed by atoms with Crippen molar-refractivity contribution in [3.05, 3.63) is 60.2 Å². The molecule has 2 fully saturated rings. The first kappa shape index (κ1) is 19.5. The average Bonchev–Trinajstić information content (AvgIpc) is 3.29. The molecule has 4 rings (SSSR count). The summed E-state index contributed by atoms with van der Waals surface area (Å²) in [6.45, 7) is -0.274. The molecule has 0 bridgehead atoms. The van der Waals surface area contributed by atoms with E-state index in [2.05, 4.69) is 22.8 Å². The monoisotopic (exact) mass is 409 g/mol. The van der Waals surface area contributed by atoms with Crippen molar-refractivity contribution < 1.29 is 14.4 Å². The van der Waals surface area contributed by atoms with E-state index in [9.17, 15) is 14.4 Å².